The molecule has 0 radical (unpaired) electrons. The van der Waals surface area contributed by atoms with Gasteiger partial charge < -0.3 is 4.74 Å². The molecule has 1 aromatic carbocycles. The lowest BCUT2D eigenvalue weighted by Crippen LogP contribution is -2.11. The molecule has 2 heteroatoms. The summed E-state index contributed by atoms with van der Waals surface area (Å²) in [5, 5.41) is 0. The third-order valence-corrected chi connectivity index (χ3v) is 2.96. The number of Topliss-reactive ketones (excluding diaryl/α,β-unsaturated/α-hetero) is 1. The second-order valence-electron chi connectivity index (χ2n) is 4.65. The van der Waals surface area contributed by atoms with E-state index in [-0.39, 0.29) is 11.9 Å². The summed E-state index contributed by atoms with van der Waals surface area (Å²) in [5.74, 6) is 0.162. The molecule has 0 fully saturated rings. The third kappa shape index (κ3) is 6.16. The van der Waals surface area contributed by atoms with E-state index in [0.717, 1.165) is 17.6 Å². The third-order valence-electron chi connectivity index (χ3n) is 2.96. The molecule has 19 heavy (non-hydrogen) atoms. The van der Waals surface area contributed by atoms with Gasteiger partial charge in [0.25, 0.3) is 0 Å². The number of benzene rings is 1. The van der Waals surface area contributed by atoms with Crippen molar-refractivity contribution in [3.63, 3.8) is 0 Å². The lowest BCUT2D eigenvalue weighted by atomic mass is 10.1. The normalized spacial score (nSPS) is 13.1. The van der Waals surface area contributed by atoms with E-state index in [4.69, 9.17) is 4.74 Å². The monoisotopic (exact) mass is 258 g/mol. The van der Waals surface area contributed by atoms with E-state index in [9.17, 15) is 4.79 Å². The molecule has 0 N–H and O–H groups in total. The molecule has 0 aromatic heterocycles. The number of allylic oxidation sites excluding steroid dienone is 3. The molecule has 0 amide bonds. The van der Waals surface area contributed by atoms with Gasteiger partial charge in [0, 0.05) is 6.42 Å². The largest absolute Gasteiger partial charge is 0.374 e. The molecule has 0 bridgehead atoms. The predicted molar refractivity (Wildman–Crippen MR) is 78.9 cm³/mol. The quantitative estimate of drug-likeness (QED) is 0.519. The number of hydrogen-bond donors (Lipinski definition) is 0. The Kier molecular flexibility index (Phi) is 6.83. The minimum Gasteiger partial charge on any atom is -0.374 e. The molecule has 102 valence electrons. The molecule has 0 aliphatic heterocycles. The fraction of sp³-hybridized carbons (Fsp3) is 0.353. The Morgan fingerprint density at radius 1 is 1.37 bits per heavy atom. The second kappa shape index (κ2) is 8.44. The predicted octanol–water partition coefficient (Wildman–Crippen LogP) is 4.07. The summed E-state index contributed by atoms with van der Waals surface area (Å²) < 4.78 is 5.73. The standard InChI is InChI=1S/C17H22O2/c1-4-8-14(2)17(18)12-11-15(3)19-13-16-9-6-5-7-10-16/h4-10,15H,1,11-13H2,2-3H3/b14-8+. The zero-order valence-electron chi connectivity index (χ0n) is 11.8. The van der Waals surface area contributed by atoms with Crippen molar-refractivity contribution in [2.24, 2.45) is 0 Å². The van der Waals surface area contributed by atoms with E-state index < -0.39 is 0 Å². The van der Waals surface area contributed by atoms with Crippen LogP contribution in [0.1, 0.15) is 32.3 Å². The van der Waals surface area contributed by atoms with Crippen molar-refractivity contribution in [1.82, 2.24) is 0 Å². The molecule has 2 nitrogen and oxygen atoms in total. The summed E-state index contributed by atoms with van der Waals surface area (Å²) in [5.41, 5.74) is 1.91. The van der Waals surface area contributed by atoms with Crippen LogP contribution >= 0.6 is 0 Å². The van der Waals surface area contributed by atoms with Gasteiger partial charge in [0.15, 0.2) is 5.78 Å². The molecule has 0 saturated carbocycles. The van der Waals surface area contributed by atoms with Crippen molar-refractivity contribution in [3.8, 4) is 0 Å². The number of ketones is 1. The van der Waals surface area contributed by atoms with Crippen LogP contribution in [0.15, 0.2) is 54.6 Å². The minimum absolute atomic E-state index is 0.0840. The van der Waals surface area contributed by atoms with Crippen LogP contribution in [0.5, 0.6) is 0 Å². The Morgan fingerprint density at radius 2 is 2.05 bits per heavy atom. The van der Waals surface area contributed by atoms with Gasteiger partial charge in [-0.15, -0.1) is 0 Å². The van der Waals surface area contributed by atoms with E-state index in [2.05, 4.69) is 6.58 Å². The van der Waals surface area contributed by atoms with Crippen LogP contribution in [0, 0.1) is 0 Å². The van der Waals surface area contributed by atoms with Gasteiger partial charge in [-0.2, -0.15) is 0 Å². The van der Waals surface area contributed by atoms with Gasteiger partial charge in [0.1, 0.15) is 0 Å². The fourth-order valence-electron chi connectivity index (χ4n) is 1.70. The summed E-state index contributed by atoms with van der Waals surface area (Å²) in [6.45, 7) is 8.00. The summed E-state index contributed by atoms with van der Waals surface area (Å²) in [4.78, 5) is 11.7. The van der Waals surface area contributed by atoms with Gasteiger partial charge in [-0.05, 0) is 31.4 Å². The highest BCUT2D eigenvalue weighted by atomic mass is 16.5. The summed E-state index contributed by atoms with van der Waals surface area (Å²) in [6, 6.07) is 10.1. The number of rotatable bonds is 8. The van der Waals surface area contributed by atoms with Crippen LogP contribution in [0.3, 0.4) is 0 Å². The molecule has 0 aliphatic rings. The molecule has 1 unspecified atom stereocenters. The van der Waals surface area contributed by atoms with E-state index in [0.29, 0.717) is 13.0 Å². The Bertz CT molecular complexity index is 432. The first-order valence-corrected chi connectivity index (χ1v) is 6.61. The van der Waals surface area contributed by atoms with Gasteiger partial charge in [-0.3, -0.25) is 4.79 Å². The number of ether oxygens (including phenoxy) is 1. The van der Waals surface area contributed by atoms with Crippen LogP contribution in [-0.4, -0.2) is 11.9 Å². The van der Waals surface area contributed by atoms with Gasteiger partial charge in [-0.1, -0.05) is 49.1 Å². The Morgan fingerprint density at radius 3 is 2.68 bits per heavy atom. The highest BCUT2D eigenvalue weighted by Gasteiger charge is 2.08. The highest BCUT2D eigenvalue weighted by Crippen LogP contribution is 2.10. The lowest BCUT2D eigenvalue weighted by Gasteiger charge is -2.12. The first kappa shape index (κ1) is 15.4. The first-order valence-electron chi connectivity index (χ1n) is 6.61. The second-order valence-corrected chi connectivity index (χ2v) is 4.65. The number of carbonyl (C=O) groups is 1. The Labute approximate surface area is 115 Å². The minimum atomic E-state index is 0.0840. The maximum Gasteiger partial charge on any atom is 0.158 e. The van der Waals surface area contributed by atoms with E-state index in [1.54, 1.807) is 12.2 Å². The highest BCUT2D eigenvalue weighted by molar-refractivity contribution is 5.94. The van der Waals surface area contributed by atoms with Crippen molar-refractivity contribution >= 4 is 5.78 Å². The molecule has 1 aromatic rings. The fourth-order valence-corrected chi connectivity index (χ4v) is 1.70. The van der Waals surface area contributed by atoms with Crippen LogP contribution in [0.25, 0.3) is 0 Å². The average Bonchev–Trinajstić information content (AvgIpc) is 2.43. The number of carbonyl (C=O) groups excluding carboxylic acids is 1. The molecule has 1 rings (SSSR count). The smallest absolute Gasteiger partial charge is 0.158 e. The summed E-state index contributed by atoms with van der Waals surface area (Å²) in [7, 11) is 0. The molecule has 0 heterocycles. The Balaban J connectivity index is 2.28. The van der Waals surface area contributed by atoms with Crippen molar-refractivity contribution < 1.29 is 9.53 Å². The maximum absolute atomic E-state index is 11.7. The zero-order chi connectivity index (χ0) is 14.1. The molecule has 0 saturated heterocycles. The SMILES string of the molecule is C=C/C=C(\C)C(=O)CCC(C)OCc1ccccc1. The van der Waals surface area contributed by atoms with E-state index in [1.807, 2.05) is 44.2 Å². The van der Waals surface area contributed by atoms with Crippen LogP contribution in [0.2, 0.25) is 0 Å². The van der Waals surface area contributed by atoms with Crippen LogP contribution in [-0.2, 0) is 16.1 Å². The van der Waals surface area contributed by atoms with Gasteiger partial charge >= 0.3 is 0 Å². The number of hydrogen-bond acceptors (Lipinski definition) is 2. The van der Waals surface area contributed by atoms with Crippen molar-refractivity contribution in [1.29, 1.82) is 0 Å². The summed E-state index contributed by atoms with van der Waals surface area (Å²) in [6.07, 6.45) is 4.74. The average molecular weight is 258 g/mol. The molecule has 0 aliphatic carbocycles. The van der Waals surface area contributed by atoms with Gasteiger partial charge in [-0.25, -0.2) is 0 Å². The molecule has 0 spiro atoms. The van der Waals surface area contributed by atoms with Crippen molar-refractivity contribution in [2.45, 2.75) is 39.4 Å². The molecule has 1 atom stereocenters. The maximum atomic E-state index is 11.7. The molecular formula is C17H22O2. The first-order chi connectivity index (χ1) is 9.13. The van der Waals surface area contributed by atoms with Crippen LogP contribution < -0.4 is 0 Å². The Hall–Kier alpha value is -1.67. The van der Waals surface area contributed by atoms with Crippen molar-refractivity contribution in [2.75, 3.05) is 0 Å². The lowest BCUT2D eigenvalue weighted by molar-refractivity contribution is -0.116. The zero-order valence-corrected chi connectivity index (χ0v) is 11.8. The van der Waals surface area contributed by atoms with Gasteiger partial charge in [0.2, 0.25) is 0 Å². The van der Waals surface area contributed by atoms with Crippen LogP contribution in [0.4, 0.5) is 0 Å². The van der Waals surface area contributed by atoms with E-state index in [1.165, 1.54) is 0 Å². The van der Waals surface area contributed by atoms with Gasteiger partial charge in [0.05, 0.1) is 12.7 Å². The molecular weight excluding hydrogens is 236 g/mol. The van der Waals surface area contributed by atoms with Crippen molar-refractivity contribution in [3.05, 3.63) is 60.2 Å². The van der Waals surface area contributed by atoms with E-state index >= 15 is 0 Å². The summed E-state index contributed by atoms with van der Waals surface area (Å²) >= 11 is 0. The topological polar surface area (TPSA) is 26.3 Å².